The molecule has 78 heavy (non-hydrogen) atoms. The molecule has 0 radical (unpaired) electrons. The van der Waals surface area contributed by atoms with Gasteiger partial charge < -0.3 is 18.6 Å². The summed E-state index contributed by atoms with van der Waals surface area (Å²) in [7, 11) is 0. The Morgan fingerprint density at radius 3 is 1.44 bits per heavy atom. The summed E-state index contributed by atoms with van der Waals surface area (Å²) in [5.74, 6) is 0. The molecule has 0 atom stereocenters. The van der Waals surface area contributed by atoms with Crippen molar-refractivity contribution in [2.24, 2.45) is 0 Å². The fourth-order valence-corrected chi connectivity index (χ4v) is 15.3. The average molecular weight is 1010 g/mol. The second-order valence-electron chi connectivity index (χ2n) is 21.1. The third kappa shape index (κ3) is 5.63. The first-order chi connectivity index (χ1) is 38.7. The van der Waals surface area contributed by atoms with Crippen LogP contribution in [0.1, 0.15) is 0 Å². The van der Waals surface area contributed by atoms with Crippen molar-refractivity contribution in [2.75, 3.05) is 4.90 Å². The Labute approximate surface area is 453 Å². The molecule has 12 aromatic carbocycles. The first-order valence-corrected chi connectivity index (χ1v) is 27.8. The summed E-state index contributed by atoms with van der Waals surface area (Å²) >= 11 is 1.95. The smallest absolute Gasteiger partial charge is 0.254 e. The van der Waals surface area contributed by atoms with Gasteiger partial charge in [0.25, 0.3) is 6.71 Å². The van der Waals surface area contributed by atoms with E-state index in [2.05, 4.69) is 279 Å². The highest BCUT2D eigenvalue weighted by atomic mass is 32.1. The first-order valence-electron chi connectivity index (χ1n) is 27.0. The van der Waals surface area contributed by atoms with Gasteiger partial charge in [-0.25, -0.2) is 0 Å². The minimum atomic E-state index is -0.153. The van der Waals surface area contributed by atoms with E-state index in [1.165, 1.54) is 141 Å². The molecule has 0 aliphatic carbocycles. The molecule has 0 fully saturated rings. The van der Waals surface area contributed by atoms with E-state index in [1.54, 1.807) is 0 Å². The van der Waals surface area contributed by atoms with Gasteiger partial charge in [-0.2, -0.15) is 0 Å². The molecule has 0 saturated carbocycles. The molecule has 18 rings (SSSR count). The largest absolute Gasteiger partial charge is 0.310 e. The lowest BCUT2D eigenvalue weighted by Crippen LogP contribution is -2.60. The number of hydrogen-bond acceptors (Lipinski definition) is 2. The predicted octanol–water partition coefficient (Wildman–Crippen LogP) is 17.3. The van der Waals surface area contributed by atoms with Crippen LogP contribution in [0, 0.1) is 0 Å². The highest BCUT2D eigenvalue weighted by Gasteiger charge is 2.45. The summed E-state index contributed by atoms with van der Waals surface area (Å²) in [4.78, 5) is 2.69. The summed E-state index contributed by atoms with van der Waals surface area (Å²) in [5, 5.41) is 10.1. The van der Waals surface area contributed by atoms with E-state index >= 15 is 0 Å². The van der Waals surface area contributed by atoms with Crippen LogP contribution >= 0.6 is 11.3 Å². The van der Waals surface area contributed by atoms with Crippen molar-refractivity contribution in [1.29, 1.82) is 0 Å². The molecule has 4 aromatic heterocycles. The molecule has 0 saturated heterocycles. The van der Waals surface area contributed by atoms with Crippen LogP contribution in [0.5, 0.6) is 0 Å². The van der Waals surface area contributed by atoms with E-state index in [0.717, 1.165) is 17.1 Å². The molecule has 0 amide bonds. The van der Waals surface area contributed by atoms with Crippen molar-refractivity contribution < 1.29 is 0 Å². The van der Waals surface area contributed by atoms with Gasteiger partial charge in [0.2, 0.25) is 0 Å². The van der Waals surface area contributed by atoms with Crippen LogP contribution in [0.3, 0.4) is 0 Å². The Bertz CT molecular complexity index is 5110. The van der Waals surface area contributed by atoms with E-state index in [4.69, 9.17) is 0 Å². The normalized spacial score (nSPS) is 12.8. The fraction of sp³-hybridized carbons (Fsp3) is 0. The molecule has 4 nitrogen and oxygen atoms in total. The maximum absolute atomic E-state index is 2.69. The van der Waals surface area contributed by atoms with Crippen LogP contribution in [0.25, 0.3) is 125 Å². The zero-order valence-corrected chi connectivity index (χ0v) is 42.9. The SMILES string of the molecule is c1ccc(-c2cccc(-c3ccccc3)c2N2c3cc4c5ccccc5n(-c5ccccc5)c4cc3B3c4c2cc(-n2c5ccccc5c5ccccc52)cc4-n2c4ccccc4c4cc5c(sc6ccccc65)c3c42)cc1. The van der Waals surface area contributed by atoms with Gasteiger partial charge in [0.15, 0.2) is 0 Å². The van der Waals surface area contributed by atoms with E-state index in [-0.39, 0.29) is 6.71 Å². The number of rotatable bonds is 5. The molecule has 16 aromatic rings. The maximum atomic E-state index is 2.69. The van der Waals surface area contributed by atoms with Crippen LogP contribution in [0.2, 0.25) is 0 Å². The molecule has 2 aliphatic heterocycles. The third-order valence-corrected chi connectivity index (χ3v) is 18.4. The first kappa shape index (κ1) is 42.4. The topological polar surface area (TPSA) is 18.0 Å². The Morgan fingerprint density at radius 1 is 0.308 bits per heavy atom. The average Bonchev–Trinajstić information content (AvgIpc) is 4.25. The van der Waals surface area contributed by atoms with Crippen LogP contribution < -0.4 is 21.3 Å². The van der Waals surface area contributed by atoms with Crippen LogP contribution in [-0.4, -0.2) is 20.4 Å². The van der Waals surface area contributed by atoms with Gasteiger partial charge in [0.1, 0.15) is 0 Å². The molecule has 0 N–H and O–H groups in total. The van der Waals surface area contributed by atoms with Crippen LogP contribution in [0.15, 0.2) is 261 Å². The number of aromatic nitrogens is 3. The predicted molar refractivity (Wildman–Crippen MR) is 333 cm³/mol. The number of hydrogen-bond donors (Lipinski definition) is 0. The van der Waals surface area contributed by atoms with Crippen LogP contribution in [0.4, 0.5) is 17.1 Å². The van der Waals surface area contributed by atoms with E-state index < -0.39 is 0 Å². The number of nitrogens with zero attached hydrogens (tertiary/aromatic N) is 4. The molecular formula is C72H43BN4S. The highest BCUT2D eigenvalue weighted by Crippen LogP contribution is 2.52. The van der Waals surface area contributed by atoms with E-state index in [9.17, 15) is 0 Å². The van der Waals surface area contributed by atoms with Crippen molar-refractivity contribution in [2.45, 2.75) is 0 Å². The summed E-state index contributed by atoms with van der Waals surface area (Å²) in [6, 6.07) is 97.8. The van der Waals surface area contributed by atoms with Gasteiger partial charge in [0.05, 0.1) is 44.5 Å². The van der Waals surface area contributed by atoms with Crippen molar-refractivity contribution in [3.8, 4) is 39.3 Å². The standard InChI is InChI=1S/C72H43BN4S/c1-4-21-44(22-5-1)48-32-20-33-49(45-23-6-2-7-24-45)70(48)77-64-42-55-52-29-12-17-36-61(52)74(46-25-8-3-9-26-46)63(55)43-58(64)73-68-65(39-47(40-66(68)77)75-59-34-15-10-27-50(59)51-28-11-16-35-60(51)75)76-62-37-18-13-30-53(62)56-41-57-54-31-14-19-38-67(54)78-72(57)69(73)71(56)76/h1-43H. The number of benzene rings is 12. The van der Waals surface area contributed by atoms with Gasteiger partial charge in [-0.15, -0.1) is 11.3 Å². The lowest BCUT2D eigenvalue weighted by Gasteiger charge is -2.42. The molecule has 360 valence electrons. The quantitative estimate of drug-likeness (QED) is 0.157. The van der Waals surface area contributed by atoms with Gasteiger partial charge in [-0.1, -0.05) is 188 Å². The van der Waals surface area contributed by atoms with Gasteiger partial charge >= 0.3 is 0 Å². The maximum Gasteiger partial charge on any atom is 0.254 e. The number of fused-ring (bicyclic) bond motifs is 17. The zero-order chi connectivity index (χ0) is 50.7. The molecule has 0 unspecified atom stereocenters. The summed E-state index contributed by atoms with van der Waals surface area (Å²) in [6.45, 7) is -0.153. The zero-order valence-electron chi connectivity index (χ0n) is 42.1. The molecule has 0 bridgehead atoms. The van der Waals surface area contributed by atoms with Crippen LogP contribution in [-0.2, 0) is 0 Å². The summed E-state index contributed by atoms with van der Waals surface area (Å²) < 4.78 is 10.3. The lowest BCUT2D eigenvalue weighted by atomic mass is 9.33. The Hall–Kier alpha value is -9.88. The monoisotopic (exact) mass is 1010 g/mol. The second kappa shape index (κ2) is 15.8. The Kier molecular flexibility index (Phi) is 8.60. The highest BCUT2D eigenvalue weighted by molar-refractivity contribution is 7.28. The van der Waals surface area contributed by atoms with Gasteiger partial charge in [-0.3, -0.25) is 0 Å². The molecule has 0 spiro atoms. The Balaban J connectivity index is 1.09. The molecule has 2 aliphatic rings. The molecule has 6 heteroatoms. The number of anilines is 3. The minimum absolute atomic E-state index is 0.153. The third-order valence-electron chi connectivity index (χ3n) is 17.2. The van der Waals surface area contributed by atoms with Crippen molar-refractivity contribution in [3.05, 3.63) is 261 Å². The van der Waals surface area contributed by atoms with E-state index in [1.807, 2.05) is 11.3 Å². The minimum Gasteiger partial charge on any atom is -0.310 e. The number of thiophene rings is 1. The van der Waals surface area contributed by atoms with Gasteiger partial charge in [0, 0.05) is 86.4 Å². The lowest BCUT2D eigenvalue weighted by molar-refractivity contribution is 1.13. The van der Waals surface area contributed by atoms with Gasteiger partial charge in [-0.05, 0) is 100 Å². The fourth-order valence-electron chi connectivity index (χ4n) is 14.1. The van der Waals surface area contributed by atoms with Crippen molar-refractivity contribution in [3.63, 3.8) is 0 Å². The van der Waals surface area contributed by atoms with Crippen molar-refractivity contribution in [1.82, 2.24) is 13.7 Å². The van der Waals surface area contributed by atoms with E-state index in [0.29, 0.717) is 0 Å². The molecular weight excluding hydrogens is 964 g/mol. The summed E-state index contributed by atoms with van der Waals surface area (Å²) in [6.07, 6.45) is 0. The Morgan fingerprint density at radius 2 is 0.808 bits per heavy atom. The number of para-hydroxylation sites is 6. The summed E-state index contributed by atoms with van der Waals surface area (Å²) in [5.41, 5.74) is 22.8. The second-order valence-corrected chi connectivity index (χ2v) is 22.2. The molecule has 6 heterocycles. The van der Waals surface area contributed by atoms with Crippen molar-refractivity contribution >= 4 is 137 Å².